The van der Waals surface area contributed by atoms with E-state index in [1.54, 1.807) is 43.5 Å². The normalized spacial score (nSPS) is 18.5. The van der Waals surface area contributed by atoms with Gasteiger partial charge in [-0.25, -0.2) is 13.4 Å². The lowest BCUT2D eigenvalue weighted by atomic mass is 10.2. The van der Waals surface area contributed by atoms with E-state index in [9.17, 15) is 13.2 Å². The first-order valence-corrected chi connectivity index (χ1v) is 9.66. The number of anilines is 2. The molecule has 7 nitrogen and oxygen atoms in total. The number of nitrogens with zero attached hydrogens (tertiary/aromatic N) is 1. The van der Waals surface area contributed by atoms with Crippen molar-refractivity contribution in [3.63, 3.8) is 0 Å². The number of amides is 1. The van der Waals surface area contributed by atoms with Crippen LogP contribution >= 0.6 is 0 Å². The molecule has 1 unspecified atom stereocenters. The Labute approximate surface area is 146 Å². The second-order valence-corrected chi connectivity index (χ2v) is 8.09. The number of nitrogens with one attached hydrogen (secondary N) is 2. The van der Waals surface area contributed by atoms with Crippen LogP contribution < -0.4 is 15.4 Å². The summed E-state index contributed by atoms with van der Waals surface area (Å²) in [5.74, 6) is 1.25. The quantitative estimate of drug-likeness (QED) is 0.845. The van der Waals surface area contributed by atoms with Gasteiger partial charge >= 0.3 is 0 Å². The van der Waals surface area contributed by atoms with Gasteiger partial charge in [0.15, 0.2) is 9.84 Å². The number of aromatic nitrogens is 1. The van der Waals surface area contributed by atoms with E-state index in [0.29, 0.717) is 29.2 Å². The molecule has 2 heterocycles. The van der Waals surface area contributed by atoms with Crippen LogP contribution in [0.25, 0.3) is 0 Å². The van der Waals surface area contributed by atoms with Crippen molar-refractivity contribution in [1.29, 1.82) is 0 Å². The van der Waals surface area contributed by atoms with Gasteiger partial charge < -0.3 is 15.4 Å². The fraction of sp³-hybridized carbons (Fsp3) is 0.294. The lowest BCUT2D eigenvalue weighted by Gasteiger charge is -2.12. The molecule has 1 saturated heterocycles. The summed E-state index contributed by atoms with van der Waals surface area (Å²) < 4.78 is 28.1. The molecule has 8 heteroatoms. The van der Waals surface area contributed by atoms with Crippen LogP contribution in [-0.4, -0.2) is 44.0 Å². The summed E-state index contributed by atoms with van der Waals surface area (Å²) in [5, 5.41) is 5.87. The monoisotopic (exact) mass is 361 g/mol. The van der Waals surface area contributed by atoms with Gasteiger partial charge in [0, 0.05) is 24.0 Å². The van der Waals surface area contributed by atoms with Gasteiger partial charge in [-0.05, 0) is 30.7 Å². The van der Waals surface area contributed by atoms with Crippen LogP contribution in [0, 0.1) is 0 Å². The van der Waals surface area contributed by atoms with Crippen molar-refractivity contribution in [2.75, 3.05) is 29.2 Å². The molecule has 0 radical (unpaired) electrons. The molecule has 1 aliphatic rings. The molecule has 132 valence electrons. The maximum atomic E-state index is 12.3. The van der Waals surface area contributed by atoms with Crippen molar-refractivity contribution in [3.05, 3.63) is 48.2 Å². The van der Waals surface area contributed by atoms with Crippen LogP contribution in [0.15, 0.2) is 42.6 Å². The van der Waals surface area contributed by atoms with Crippen molar-refractivity contribution in [2.24, 2.45) is 0 Å². The number of carbonyl (C=O) groups excluding carboxylic acids is 1. The van der Waals surface area contributed by atoms with Crippen LogP contribution in [0.5, 0.6) is 5.75 Å². The van der Waals surface area contributed by atoms with E-state index in [1.807, 2.05) is 0 Å². The van der Waals surface area contributed by atoms with Gasteiger partial charge in [-0.1, -0.05) is 6.07 Å². The lowest BCUT2D eigenvalue weighted by molar-refractivity contribution is 0.102. The number of methoxy groups -OCH3 is 1. The summed E-state index contributed by atoms with van der Waals surface area (Å²) in [6, 6.07) is 10.3. The second kappa shape index (κ2) is 7.10. The van der Waals surface area contributed by atoms with Gasteiger partial charge in [0.2, 0.25) is 0 Å². The van der Waals surface area contributed by atoms with Crippen LogP contribution in [0.4, 0.5) is 11.5 Å². The topological polar surface area (TPSA) is 97.4 Å². The minimum absolute atomic E-state index is 0.118. The summed E-state index contributed by atoms with van der Waals surface area (Å²) >= 11 is 0. The molecule has 1 fully saturated rings. The second-order valence-electron chi connectivity index (χ2n) is 5.86. The highest BCUT2D eigenvalue weighted by Gasteiger charge is 2.27. The van der Waals surface area contributed by atoms with Crippen molar-refractivity contribution >= 4 is 27.2 Å². The minimum atomic E-state index is -2.94. The summed E-state index contributed by atoms with van der Waals surface area (Å²) in [4.78, 5) is 16.5. The van der Waals surface area contributed by atoms with E-state index in [0.717, 1.165) is 0 Å². The third-order valence-electron chi connectivity index (χ3n) is 3.94. The molecular weight excluding hydrogens is 342 g/mol. The number of hydrogen-bond donors (Lipinski definition) is 2. The first kappa shape index (κ1) is 17.2. The Morgan fingerprint density at radius 1 is 1.28 bits per heavy atom. The van der Waals surface area contributed by atoms with Gasteiger partial charge in [-0.2, -0.15) is 0 Å². The average molecular weight is 361 g/mol. The number of rotatable bonds is 5. The van der Waals surface area contributed by atoms with Gasteiger partial charge in [-0.3, -0.25) is 4.79 Å². The molecule has 0 aliphatic carbocycles. The van der Waals surface area contributed by atoms with Crippen LogP contribution in [0.3, 0.4) is 0 Å². The molecular formula is C17H19N3O4S. The number of benzene rings is 1. The molecule has 0 saturated carbocycles. The molecule has 0 bridgehead atoms. The Morgan fingerprint density at radius 3 is 2.76 bits per heavy atom. The molecule has 1 atom stereocenters. The zero-order chi connectivity index (χ0) is 17.9. The highest BCUT2D eigenvalue weighted by molar-refractivity contribution is 7.91. The van der Waals surface area contributed by atoms with E-state index < -0.39 is 9.84 Å². The molecule has 0 spiro atoms. The number of sulfone groups is 1. The van der Waals surface area contributed by atoms with Crippen molar-refractivity contribution in [1.82, 2.24) is 4.98 Å². The van der Waals surface area contributed by atoms with Gasteiger partial charge in [-0.15, -0.1) is 0 Å². The predicted molar refractivity (Wildman–Crippen MR) is 95.9 cm³/mol. The molecule has 2 aromatic rings. The first-order valence-electron chi connectivity index (χ1n) is 7.83. The van der Waals surface area contributed by atoms with Crippen molar-refractivity contribution < 1.29 is 17.9 Å². The standard InChI is InChI=1S/C17H19N3O4S/c1-24-15-4-2-3-13(9-15)20-17(21)12-5-6-16(18-10-12)19-14-7-8-25(22,23)11-14/h2-6,9-10,14H,7-8,11H2,1H3,(H,18,19)(H,20,21). The zero-order valence-electron chi connectivity index (χ0n) is 13.7. The molecule has 1 aromatic heterocycles. The van der Waals surface area contributed by atoms with Gasteiger partial charge in [0.05, 0.1) is 24.2 Å². The molecule has 1 aliphatic heterocycles. The summed E-state index contributed by atoms with van der Waals surface area (Å²) in [7, 11) is -1.38. The molecule has 3 rings (SSSR count). The SMILES string of the molecule is COc1cccc(NC(=O)c2ccc(NC3CCS(=O)(=O)C3)nc2)c1. The van der Waals surface area contributed by atoms with E-state index in [4.69, 9.17) is 4.74 Å². The number of ether oxygens (including phenoxy) is 1. The maximum Gasteiger partial charge on any atom is 0.257 e. The first-order chi connectivity index (χ1) is 11.9. The van der Waals surface area contributed by atoms with Crippen molar-refractivity contribution in [3.8, 4) is 5.75 Å². The number of pyridine rings is 1. The van der Waals surface area contributed by atoms with Crippen LogP contribution in [-0.2, 0) is 9.84 Å². The molecule has 1 aromatic carbocycles. The minimum Gasteiger partial charge on any atom is -0.497 e. The van der Waals surface area contributed by atoms with Gasteiger partial charge in [0.1, 0.15) is 11.6 Å². The van der Waals surface area contributed by atoms with Crippen molar-refractivity contribution in [2.45, 2.75) is 12.5 Å². The smallest absolute Gasteiger partial charge is 0.257 e. The predicted octanol–water partition coefficient (Wildman–Crippen LogP) is 1.94. The van der Waals surface area contributed by atoms with E-state index in [2.05, 4.69) is 15.6 Å². The van der Waals surface area contributed by atoms with Gasteiger partial charge in [0.25, 0.3) is 5.91 Å². The number of hydrogen-bond acceptors (Lipinski definition) is 6. The fourth-order valence-electron chi connectivity index (χ4n) is 2.64. The maximum absolute atomic E-state index is 12.3. The highest BCUT2D eigenvalue weighted by Crippen LogP contribution is 2.19. The van der Waals surface area contributed by atoms with Crippen LogP contribution in [0.2, 0.25) is 0 Å². The zero-order valence-corrected chi connectivity index (χ0v) is 14.5. The summed E-state index contributed by atoms with van der Waals surface area (Å²) in [6.45, 7) is 0. The average Bonchev–Trinajstić information content (AvgIpc) is 2.94. The Hall–Kier alpha value is -2.61. The fourth-order valence-corrected chi connectivity index (χ4v) is 4.31. The van der Waals surface area contributed by atoms with E-state index in [1.165, 1.54) is 6.20 Å². The van der Waals surface area contributed by atoms with Crippen LogP contribution in [0.1, 0.15) is 16.8 Å². The molecule has 2 N–H and O–H groups in total. The Morgan fingerprint density at radius 2 is 2.12 bits per heavy atom. The third kappa shape index (κ3) is 4.48. The summed E-state index contributed by atoms with van der Waals surface area (Å²) in [6.07, 6.45) is 2.03. The molecule has 1 amide bonds. The van der Waals surface area contributed by atoms with E-state index in [-0.39, 0.29) is 23.5 Å². The Kier molecular flexibility index (Phi) is 4.89. The molecule has 25 heavy (non-hydrogen) atoms. The highest BCUT2D eigenvalue weighted by atomic mass is 32.2. The Balaban J connectivity index is 1.62. The van der Waals surface area contributed by atoms with E-state index >= 15 is 0 Å². The largest absolute Gasteiger partial charge is 0.497 e. The summed E-state index contributed by atoms with van der Waals surface area (Å²) in [5.41, 5.74) is 1.04. The lowest BCUT2D eigenvalue weighted by Crippen LogP contribution is -2.21. The number of carbonyl (C=O) groups is 1. The third-order valence-corrected chi connectivity index (χ3v) is 5.71. The Bertz CT molecular complexity index is 866.